The summed E-state index contributed by atoms with van der Waals surface area (Å²) in [6, 6.07) is 14.9. The number of hydrogen-bond acceptors (Lipinski definition) is 6. The van der Waals surface area contributed by atoms with Crippen LogP contribution in [-0.2, 0) is 6.18 Å². The Morgan fingerprint density at radius 2 is 1.67 bits per heavy atom. The second-order valence-corrected chi connectivity index (χ2v) is 10.2. The van der Waals surface area contributed by atoms with E-state index in [1.807, 2.05) is 43.3 Å². The quantitative estimate of drug-likeness (QED) is 0.272. The predicted octanol–water partition coefficient (Wildman–Crippen LogP) is 6.78. The van der Waals surface area contributed by atoms with Crippen LogP contribution in [0.15, 0.2) is 59.0 Å². The lowest BCUT2D eigenvalue weighted by Gasteiger charge is -2.30. The summed E-state index contributed by atoms with van der Waals surface area (Å²) in [5.74, 6) is -0.846. The number of aromatic nitrogens is 2. The summed E-state index contributed by atoms with van der Waals surface area (Å²) < 4.78 is 46.2. The summed E-state index contributed by atoms with van der Waals surface area (Å²) in [7, 11) is 3.85. The summed E-state index contributed by atoms with van der Waals surface area (Å²) in [6.07, 6.45) is -2.22. The van der Waals surface area contributed by atoms with E-state index in [0.29, 0.717) is 42.2 Å². The predicted molar refractivity (Wildman–Crippen MR) is 145 cm³/mol. The molecule has 0 unspecified atom stereocenters. The first-order chi connectivity index (χ1) is 18.6. The second kappa shape index (κ2) is 10.8. The first kappa shape index (κ1) is 26.8. The van der Waals surface area contributed by atoms with Crippen molar-refractivity contribution in [3.63, 3.8) is 0 Å². The van der Waals surface area contributed by atoms with Gasteiger partial charge < -0.3 is 20.0 Å². The van der Waals surface area contributed by atoms with Gasteiger partial charge in [-0.25, -0.2) is 4.98 Å². The van der Waals surface area contributed by atoms with Crippen LogP contribution in [0.4, 0.5) is 24.9 Å². The van der Waals surface area contributed by atoms with Crippen LogP contribution in [0.25, 0.3) is 22.2 Å². The SMILES string of the molecule is CN(C)c1nc(NC2CCC(NC(=O)c3cc(-c4ccc(Cl)cc4)oc3C(F)(F)F)CC2)nc2ccccc12. The molecule has 1 aliphatic carbocycles. The zero-order chi connectivity index (χ0) is 27.7. The molecule has 0 aliphatic heterocycles. The normalized spacial score (nSPS) is 17.7. The number of alkyl halides is 3. The van der Waals surface area contributed by atoms with E-state index < -0.39 is 23.4 Å². The van der Waals surface area contributed by atoms with Crippen molar-refractivity contribution in [3.8, 4) is 11.3 Å². The topological polar surface area (TPSA) is 83.3 Å². The van der Waals surface area contributed by atoms with Gasteiger partial charge in [-0.1, -0.05) is 23.7 Å². The van der Waals surface area contributed by atoms with Gasteiger partial charge in [0.2, 0.25) is 11.7 Å². The van der Waals surface area contributed by atoms with Crippen LogP contribution in [0, 0.1) is 0 Å². The number of benzene rings is 2. The fraction of sp³-hybridized carbons (Fsp3) is 0.321. The maximum absolute atomic E-state index is 13.7. The third kappa shape index (κ3) is 5.95. The number of fused-ring (bicyclic) bond motifs is 1. The van der Waals surface area contributed by atoms with Crippen molar-refractivity contribution < 1.29 is 22.4 Å². The first-order valence-corrected chi connectivity index (χ1v) is 12.9. The number of nitrogens with one attached hydrogen (secondary N) is 2. The molecule has 0 bridgehead atoms. The van der Waals surface area contributed by atoms with Gasteiger partial charge in [0, 0.05) is 42.2 Å². The van der Waals surface area contributed by atoms with Crippen molar-refractivity contribution in [1.82, 2.24) is 15.3 Å². The number of halogens is 4. The molecule has 39 heavy (non-hydrogen) atoms. The van der Waals surface area contributed by atoms with Gasteiger partial charge in [-0.05, 0) is 68.1 Å². The minimum atomic E-state index is -4.82. The van der Waals surface area contributed by atoms with Gasteiger partial charge in [-0.3, -0.25) is 4.79 Å². The molecule has 4 aromatic rings. The number of hydrogen-bond donors (Lipinski definition) is 2. The standard InChI is InChI=1S/C28H27ClF3N5O2/c1-37(2)25-20-5-3-4-6-22(20)35-27(36-25)34-19-13-11-18(12-14-19)33-26(38)21-15-23(39-24(21)28(30,31)32)16-7-9-17(29)10-8-16/h3-10,15,18-19H,11-14H2,1-2H3,(H,33,38)(H,34,35,36). The van der Waals surface area contributed by atoms with Gasteiger partial charge in [0.25, 0.3) is 5.91 Å². The number of rotatable bonds is 6. The number of carbonyl (C=O) groups excluding carboxylic acids is 1. The third-order valence-electron chi connectivity index (χ3n) is 6.77. The van der Waals surface area contributed by atoms with Gasteiger partial charge in [0.1, 0.15) is 11.6 Å². The molecule has 0 saturated heterocycles. The highest BCUT2D eigenvalue weighted by Gasteiger charge is 2.41. The molecule has 204 valence electrons. The molecule has 2 aromatic heterocycles. The zero-order valence-corrected chi connectivity index (χ0v) is 22.1. The van der Waals surface area contributed by atoms with E-state index in [1.54, 1.807) is 12.1 Å². The average molecular weight is 558 g/mol. The van der Waals surface area contributed by atoms with Crippen LogP contribution in [0.5, 0.6) is 0 Å². The van der Waals surface area contributed by atoms with Gasteiger partial charge >= 0.3 is 6.18 Å². The highest BCUT2D eigenvalue weighted by atomic mass is 35.5. The fourth-order valence-electron chi connectivity index (χ4n) is 4.82. The molecular weight excluding hydrogens is 531 g/mol. The monoisotopic (exact) mass is 557 g/mol. The van der Waals surface area contributed by atoms with Crippen LogP contribution in [0.2, 0.25) is 5.02 Å². The molecule has 5 rings (SSSR count). The largest absolute Gasteiger partial charge is 0.451 e. The van der Waals surface area contributed by atoms with Gasteiger partial charge in [0.05, 0.1) is 11.1 Å². The minimum absolute atomic E-state index is 0.0514. The van der Waals surface area contributed by atoms with Crippen molar-refractivity contribution in [2.75, 3.05) is 24.3 Å². The van der Waals surface area contributed by atoms with E-state index in [2.05, 4.69) is 20.6 Å². The maximum Gasteiger partial charge on any atom is 0.450 e. The lowest BCUT2D eigenvalue weighted by atomic mass is 9.91. The Bertz CT molecular complexity index is 1480. The van der Waals surface area contributed by atoms with Gasteiger partial charge in [-0.2, -0.15) is 18.2 Å². The summed E-state index contributed by atoms with van der Waals surface area (Å²) in [5, 5.41) is 7.56. The van der Waals surface area contributed by atoms with Gasteiger partial charge in [-0.15, -0.1) is 0 Å². The molecule has 2 aromatic carbocycles. The summed E-state index contributed by atoms with van der Waals surface area (Å²) in [6.45, 7) is 0. The van der Waals surface area contributed by atoms with Crippen LogP contribution in [-0.4, -0.2) is 42.1 Å². The van der Waals surface area contributed by atoms with E-state index in [0.717, 1.165) is 22.8 Å². The average Bonchev–Trinajstić information content (AvgIpc) is 3.36. The van der Waals surface area contributed by atoms with Crippen LogP contribution < -0.4 is 15.5 Å². The molecular formula is C28H27ClF3N5O2. The van der Waals surface area contributed by atoms with E-state index in [-0.39, 0.29) is 17.8 Å². The van der Waals surface area contributed by atoms with Crippen LogP contribution >= 0.6 is 11.6 Å². The molecule has 2 N–H and O–H groups in total. The summed E-state index contributed by atoms with van der Waals surface area (Å²) in [5.41, 5.74) is 0.690. The molecule has 1 amide bonds. The smallest absolute Gasteiger partial charge is 0.450 e. The number of para-hydroxylation sites is 1. The van der Waals surface area contributed by atoms with E-state index in [9.17, 15) is 18.0 Å². The first-order valence-electron chi connectivity index (χ1n) is 12.6. The highest BCUT2D eigenvalue weighted by Crippen LogP contribution is 2.37. The molecule has 2 heterocycles. The van der Waals surface area contributed by atoms with Crippen LogP contribution in [0.3, 0.4) is 0 Å². The molecule has 1 fully saturated rings. The molecule has 1 saturated carbocycles. The Kier molecular flexibility index (Phi) is 7.40. The number of nitrogens with zero attached hydrogens (tertiary/aromatic N) is 3. The summed E-state index contributed by atoms with van der Waals surface area (Å²) >= 11 is 5.88. The number of anilines is 2. The van der Waals surface area contributed by atoms with E-state index in [1.165, 1.54) is 12.1 Å². The minimum Gasteiger partial charge on any atom is -0.451 e. The Hall–Kier alpha value is -3.79. The van der Waals surface area contributed by atoms with Crippen molar-refractivity contribution in [3.05, 3.63) is 70.9 Å². The van der Waals surface area contributed by atoms with Crippen LogP contribution in [0.1, 0.15) is 41.8 Å². The fourth-order valence-corrected chi connectivity index (χ4v) is 4.95. The lowest BCUT2D eigenvalue weighted by Crippen LogP contribution is -2.40. The third-order valence-corrected chi connectivity index (χ3v) is 7.02. The van der Waals surface area contributed by atoms with E-state index in [4.69, 9.17) is 16.0 Å². The zero-order valence-electron chi connectivity index (χ0n) is 21.3. The lowest BCUT2D eigenvalue weighted by molar-refractivity contribution is -0.153. The Balaban J connectivity index is 1.25. The van der Waals surface area contributed by atoms with E-state index >= 15 is 0 Å². The molecule has 11 heteroatoms. The molecule has 0 spiro atoms. The number of furan rings is 1. The Morgan fingerprint density at radius 3 is 2.33 bits per heavy atom. The van der Waals surface area contributed by atoms with Crippen molar-refractivity contribution >= 4 is 40.2 Å². The number of amides is 1. The Labute approximate surface area is 228 Å². The highest BCUT2D eigenvalue weighted by molar-refractivity contribution is 6.30. The molecule has 7 nitrogen and oxygen atoms in total. The Morgan fingerprint density at radius 1 is 1.00 bits per heavy atom. The van der Waals surface area contributed by atoms with Crippen molar-refractivity contribution in [2.45, 2.75) is 43.9 Å². The van der Waals surface area contributed by atoms with Gasteiger partial charge in [0.15, 0.2) is 0 Å². The molecule has 1 aliphatic rings. The summed E-state index contributed by atoms with van der Waals surface area (Å²) in [4.78, 5) is 24.2. The van der Waals surface area contributed by atoms with Crippen molar-refractivity contribution in [2.24, 2.45) is 0 Å². The maximum atomic E-state index is 13.7. The van der Waals surface area contributed by atoms with Crippen molar-refractivity contribution in [1.29, 1.82) is 0 Å². The number of carbonyl (C=O) groups is 1. The molecule has 0 atom stereocenters. The molecule has 0 radical (unpaired) electrons. The second-order valence-electron chi connectivity index (χ2n) is 9.81.